The zero-order valence-corrected chi connectivity index (χ0v) is 4.18. The molecule has 0 radical (unpaired) electrons. The molecule has 0 aliphatic carbocycles. The number of hydrogen-bond acceptors (Lipinski definition) is 1. The lowest BCUT2D eigenvalue weighted by Crippen LogP contribution is -1.15. The monoisotopic (exact) mass is 146 g/mol. The molecule has 0 aromatic heterocycles. The summed E-state index contributed by atoms with van der Waals surface area (Å²) in [6.07, 6.45) is 0. The normalized spacial score (nSPS) is 3.60. The lowest BCUT2D eigenvalue weighted by atomic mass is 15.9. The summed E-state index contributed by atoms with van der Waals surface area (Å²) in [5.41, 5.74) is 0. The van der Waals surface area contributed by atoms with Crippen LogP contribution in [0.25, 0.3) is 0 Å². The van der Waals surface area contributed by atoms with E-state index in [1.807, 2.05) is 0 Å². The van der Waals surface area contributed by atoms with Gasteiger partial charge in [0.15, 0.2) is 0 Å². The molecule has 0 N–H and O–H groups in total. The van der Waals surface area contributed by atoms with Crippen molar-refractivity contribution in [1.29, 1.82) is 0 Å². The van der Waals surface area contributed by atoms with E-state index in [-0.39, 0.29) is 36.5 Å². The highest BCUT2D eigenvalue weighted by molar-refractivity contribution is 7.59. The Morgan fingerprint density at radius 1 is 1.20 bits per heavy atom. The summed E-state index contributed by atoms with van der Waals surface area (Å²) in [5.74, 6) is 0. The van der Waals surface area contributed by atoms with Crippen LogP contribution in [0.4, 0.5) is 0 Å². The molecule has 5 heavy (non-hydrogen) atoms. The Hall–Kier alpha value is 1.66. The second kappa shape index (κ2) is 17.4. The van der Waals surface area contributed by atoms with Gasteiger partial charge in [-0.25, -0.2) is 0 Å². The van der Waals surface area contributed by atoms with Gasteiger partial charge in [0, 0.05) is 0 Å². The molecule has 0 spiro atoms. The molecule has 0 atom stereocenters. The molecule has 0 heterocycles. The minimum absolute atomic E-state index is 0. The van der Waals surface area contributed by atoms with Crippen LogP contribution in [0.3, 0.4) is 0 Å². The average Bonchev–Trinajstić information content (AvgIpc) is 0.918. The average molecular weight is 147 g/mol. The van der Waals surface area contributed by atoms with E-state index >= 15 is 0 Å². The van der Waals surface area contributed by atoms with Crippen LogP contribution >= 0.6 is 37.2 Å². The maximum atomic E-state index is 4.26. The van der Waals surface area contributed by atoms with E-state index in [4.69, 9.17) is 0 Å². The van der Waals surface area contributed by atoms with Gasteiger partial charge in [0.1, 0.15) is 0 Å². The highest BCUT2D eigenvalue weighted by atomic mass is 35.6. The van der Waals surface area contributed by atoms with Gasteiger partial charge in [-0.05, 0) is 0 Å². The molecule has 0 rings (SSSR count). The molecule has 0 saturated heterocycles. The van der Waals surface area contributed by atoms with Gasteiger partial charge in [-0.2, -0.15) is 17.3 Å². The fraction of sp³-hybridized carbons (Fsp3) is 0. The quantitative estimate of drug-likeness (QED) is 0.454. The summed E-state index contributed by atoms with van der Waals surface area (Å²) in [4.78, 5) is 0. The van der Waals surface area contributed by atoms with E-state index < -0.39 is 0 Å². The third-order valence-corrected chi connectivity index (χ3v) is 0. The molecule has 0 saturated carbocycles. The van der Waals surface area contributed by atoms with Crippen LogP contribution in [0.1, 0.15) is 0 Å². The highest BCUT2D eigenvalue weighted by Crippen LogP contribution is 1.78. The van der Waals surface area contributed by atoms with E-state index in [0.29, 0.717) is 0 Å². The molecule has 0 aromatic rings. The minimum atomic E-state index is 0. The van der Waals surface area contributed by atoms with Crippen molar-refractivity contribution in [3.8, 4) is 0 Å². The van der Waals surface area contributed by atoms with E-state index in [0.717, 1.165) is 0 Å². The van der Waals surface area contributed by atoms with Gasteiger partial charge >= 0.3 is 23.1 Å². The first-order chi connectivity index (χ1) is 1.41. The molecular formula is H4Cl2MgOS. The molecule has 0 bridgehead atoms. The molecule has 0 aliphatic heterocycles. The Balaban J connectivity index is -0.0000000200. The van der Waals surface area contributed by atoms with Crippen LogP contribution in [0.5, 0.6) is 0 Å². The van der Waals surface area contributed by atoms with Gasteiger partial charge in [0.05, 0.1) is 23.7 Å². The largest absolute Gasteiger partial charge is 0.316 e. The lowest BCUT2D eigenvalue weighted by molar-refractivity contribution is 0.697. The van der Waals surface area contributed by atoms with Gasteiger partial charge in [-0.15, -0.1) is 0 Å². The van der Waals surface area contributed by atoms with E-state index in [9.17, 15) is 0 Å². The van der Waals surface area contributed by atoms with Gasteiger partial charge < -0.3 is 0 Å². The fourth-order valence-corrected chi connectivity index (χ4v) is 0. The lowest BCUT2D eigenvalue weighted by Gasteiger charge is -1.46. The van der Waals surface area contributed by atoms with Crippen molar-refractivity contribution in [1.82, 2.24) is 0 Å². The van der Waals surface area contributed by atoms with Gasteiger partial charge in [0.2, 0.25) is 0 Å². The second-order valence-electron chi connectivity index (χ2n) is 0.0583. The van der Waals surface area contributed by atoms with Crippen LogP contribution in [0.15, 0.2) is 0 Å². The van der Waals surface area contributed by atoms with Gasteiger partial charge in [-0.3, -0.25) is 0 Å². The predicted octanol–water partition coefficient (Wildman–Crippen LogP) is 0.507. The molecule has 5 heteroatoms. The Bertz CT molecular complexity index is 9.61. The third-order valence-electron chi connectivity index (χ3n) is 0. The Morgan fingerprint density at radius 2 is 1.20 bits per heavy atom. The number of halogens is 2. The Morgan fingerprint density at radius 3 is 1.20 bits per heavy atom. The van der Waals surface area contributed by atoms with Gasteiger partial charge in [0.25, 0.3) is 0 Å². The van der Waals surface area contributed by atoms with Crippen LogP contribution < -0.4 is 0 Å². The maximum Gasteiger partial charge on any atom is 0.316 e. The van der Waals surface area contributed by atoms with Crippen molar-refractivity contribution in [2.75, 3.05) is 0 Å². The molecule has 0 amide bonds. The standard InChI is InChI=1S/Cl2O.Mg.H2S.2H/c1-3-2;;;;/h;;1H2;;. The highest BCUT2D eigenvalue weighted by Gasteiger charge is 1.38. The maximum absolute atomic E-state index is 4.26. The molecule has 1 nitrogen and oxygen atoms in total. The van der Waals surface area contributed by atoms with Crippen molar-refractivity contribution in [2.45, 2.75) is 0 Å². The topological polar surface area (TPSA) is 9.23 Å². The molecule has 0 aromatic carbocycles. The predicted molar refractivity (Wildman–Crippen MR) is 31.7 cm³/mol. The van der Waals surface area contributed by atoms with Crippen LogP contribution in [0.2, 0.25) is 0 Å². The number of rotatable bonds is 0. The molecule has 0 aliphatic rings. The summed E-state index contributed by atoms with van der Waals surface area (Å²) in [6.45, 7) is 0. The smallest absolute Gasteiger partial charge is 0.197 e. The molecular weight excluding hydrogens is 143 g/mol. The first-order valence-electron chi connectivity index (χ1n) is 0.309. The third kappa shape index (κ3) is 27.6. The first kappa shape index (κ1) is 15.9. The SMILES string of the molecule is ClOCl.S.[MgH2]. The van der Waals surface area contributed by atoms with E-state index in [1.54, 1.807) is 0 Å². The van der Waals surface area contributed by atoms with Crippen LogP contribution in [0, 0.1) is 0 Å². The van der Waals surface area contributed by atoms with Crippen LogP contribution in [-0.4, -0.2) is 23.1 Å². The molecule has 32 valence electrons. The van der Waals surface area contributed by atoms with Crippen molar-refractivity contribution in [3.05, 3.63) is 0 Å². The van der Waals surface area contributed by atoms with E-state index in [2.05, 4.69) is 27.6 Å². The van der Waals surface area contributed by atoms with Crippen molar-refractivity contribution < 1.29 is 3.84 Å². The Kier molecular flexibility index (Phi) is 55.4. The fourth-order valence-electron chi connectivity index (χ4n) is 0. The van der Waals surface area contributed by atoms with Crippen molar-refractivity contribution in [2.24, 2.45) is 0 Å². The van der Waals surface area contributed by atoms with E-state index in [1.165, 1.54) is 0 Å². The van der Waals surface area contributed by atoms with Crippen molar-refractivity contribution >= 4 is 60.3 Å². The summed E-state index contributed by atoms with van der Waals surface area (Å²) < 4.78 is 3.19. The van der Waals surface area contributed by atoms with Gasteiger partial charge in [-0.1, -0.05) is 0 Å². The summed E-state index contributed by atoms with van der Waals surface area (Å²) >= 11 is 8.53. The summed E-state index contributed by atoms with van der Waals surface area (Å²) in [7, 11) is 0. The second-order valence-corrected chi connectivity index (χ2v) is 0.525. The van der Waals surface area contributed by atoms with Crippen molar-refractivity contribution in [3.63, 3.8) is 0 Å². The first-order valence-corrected chi connectivity index (χ1v) is 0.926. The van der Waals surface area contributed by atoms with Crippen LogP contribution in [-0.2, 0) is 3.84 Å². The zero-order valence-electron chi connectivity index (χ0n) is 1.66. The summed E-state index contributed by atoms with van der Waals surface area (Å²) in [5, 5.41) is 0. The molecule has 0 fully saturated rings. The number of hydrogen-bond donors (Lipinski definition) is 0. The molecule has 0 unspecified atom stereocenters. The zero-order chi connectivity index (χ0) is 2.71. The minimum Gasteiger partial charge on any atom is -0.197 e. The summed E-state index contributed by atoms with van der Waals surface area (Å²) in [6, 6.07) is 0. The Labute approximate surface area is 63.9 Å².